The minimum absolute atomic E-state index is 0.0404. The summed E-state index contributed by atoms with van der Waals surface area (Å²) in [5, 5.41) is 0. The van der Waals surface area contributed by atoms with E-state index in [4.69, 9.17) is 0 Å². The molecule has 1 amide bonds. The first-order valence-electron chi connectivity index (χ1n) is 7.44. The molecule has 1 aliphatic rings. The zero-order chi connectivity index (χ0) is 15.5. The Morgan fingerprint density at radius 3 is 3.05 bits per heavy atom. The zero-order valence-electron chi connectivity index (χ0n) is 13.0. The van der Waals surface area contributed by atoms with Crippen molar-refractivity contribution in [2.24, 2.45) is 0 Å². The van der Waals surface area contributed by atoms with Crippen molar-refractivity contribution in [1.29, 1.82) is 0 Å². The lowest BCUT2D eigenvalue weighted by Crippen LogP contribution is -2.31. The van der Waals surface area contributed by atoms with Crippen LogP contribution in [0, 0.1) is 0 Å². The molecule has 5 nitrogen and oxygen atoms in total. The van der Waals surface area contributed by atoms with E-state index in [-0.39, 0.29) is 5.91 Å². The number of nitrogens with zero attached hydrogens (tertiary/aromatic N) is 4. The molecule has 0 aliphatic carbocycles. The Kier molecular flexibility index (Phi) is 4.15. The topological polar surface area (TPSA) is 49.3 Å². The van der Waals surface area contributed by atoms with Crippen LogP contribution in [0.2, 0.25) is 0 Å². The number of rotatable bonds is 3. The number of amides is 1. The first-order valence-corrected chi connectivity index (χ1v) is 7.44. The fraction of sp³-hybridized carbons (Fsp3) is 0.353. The Bertz CT molecular complexity index is 684. The van der Waals surface area contributed by atoms with E-state index in [1.54, 1.807) is 25.3 Å². The molecule has 0 saturated carbocycles. The number of aromatic nitrogens is 2. The van der Waals surface area contributed by atoms with E-state index >= 15 is 0 Å². The van der Waals surface area contributed by atoms with E-state index in [0.29, 0.717) is 0 Å². The van der Waals surface area contributed by atoms with Crippen molar-refractivity contribution < 1.29 is 4.79 Å². The minimum atomic E-state index is 0.0404. The van der Waals surface area contributed by atoms with Crippen molar-refractivity contribution in [3.05, 3.63) is 59.2 Å². The van der Waals surface area contributed by atoms with Crippen molar-refractivity contribution in [2.75, 3.05) is 20.6 Å². The third-order valence-electron chi connectivity index (χ3n) is 3.94. The van der Waals surface area contributed by atoms with Crippen molar-refractivity contribution in [3.63, 3.8) is 0 Å². The summed E-state index contributed by atoms with van der Waals surface area (Å²) in [4.78, 5) is 24.5. The lowest BCUT2D eigenvalue weighted by Gasteiger charge is -2.27. The van der Waals surface area contributed by atoms with E-state index in [2.05, 4.69) is 20.9 Å². The highest BCUT2D eigenvalue weighted by molar-refractivity contribution is 5.94. The van der Waals surface area contributed by atoms with Crippen molar-refractivity contribution in [3.8, 4) is 0 Å². The molecule has 0 saturated heterocycles. The molecule has 0 fully saturated rings. The van der Waals surface area contributed by atoms with E-state index < -0.39 is 0 Å². The van der Waals surface area contributed by atoms with E-state index in [0.717, 1.165) is 42.9 Å². The summed E-state index contributed by atoms with van der Waals surface area (Å²) in [5.74, 6) is 0.0404. The fourth-order valence-corrected chi connectivity index (χ4v) is 2.76. The predicted octanol–water partition coefficient (Wildman–Crippen LogP) is 1.74. The fourth-order valence-electron chi connectivity index (χ4n) is 2.76. The van der Waals surface area contributed by atoms with Crippen LogP contribution in [0.15, 0.2) is 36.8 Å². The van der Waals surface area contributed by atoms with Gasteiger partial charge in [-0.1, -0.05) is 12.1 Å². The van der Waals surface area contributed by atoms with Gasteiger partial charge < -0.3 is 4.90 Å². The Morgan fingerprint density at radius 1 is 1.36 bits per heavy atom. The molecular weight excluding hydrogens is 276 g/mol. The average molecular weight is 296 g/mol. The molecule has 3 rings (SSSR count). The van der Waals surface area contributed by atoms with Gasteiger partial charge in [0.2, 0.25) is 0 Å². The summed E-state index contributed by atoms with van der Waals surface area (Å²) in [5.41, 5.74) is 4.25. The quantitative estimate of drug-likeness (QED) is 0.865. The second kappa shape index (κ2) is 6.23. The molecule has 2 heterocycles. The standard InChI is InChI=1S/C17H20N4O/c1-20(2)17(22)14-5-3-4-13(8-14)10-21-7-6-15-9-18-12-19-16(15)11-21/h3-5,8-9,12H,6-7,10-11H2,1-2H3. The van der Waals surface area contributed by atoms with Crippen LogP contribution in [0.4, 0.5) is 0 Å². The largest absolute Gasteiger partial charge is 0.345 e. The third kappa shape index (κ3) is 3.14. The molecule has 0 bridgehead atoms. The van der Waals surface area contributed by atoms with Crippen LogP contribution in [0.25, 0.3) is 0 Å². The summed E-state index contributed by atoms with van der Waals surface area (Å²) >= 11 is 0. The summed E-state index contributed by atoms with van der Waals surface area (Å²) in [6.45, 7) is 2.66. The SMILES string of the molecule is CN(C)C(=O)c1cccc(CN2CCc3cncnc3C2)c1. The Hall–Kier alpha value is -2.27. The lowest BCUT2D eigenvalue weighted by atomic mass is 10.1. The normalized spacial score (nSPS) is 14.5. The number of benzene rings is 1. The van der Waals surface area contributed by atoms with Crippen molar-refractivity contribution in [1.82, 2.24) is 19.8 Å². The number of fused-ring (bicyclic) bond motifs is 1. The maximum absolute atomic E-state index is 12.0. The van der Waals surface area contributed by atoms with Gasteiger partial charge in [0.1, 0.15) is 6.33 Å². The zero-order valence-corrected chi connectivity index (χ0v) is 13.0. The van der Waals surface area contributed by atoms with Gasteiger partial charge in [0.25, 0.3) is 5.91 Å². The van der Waals surface area contributed by atoms with Crippen LogP contribution in [-0.2, 0) is 19.5 Å². The molecule has 114 valence electrons. The lowest BCUT2D eigenvalue weighted by molar-refractivity contribution is 0.0827. The van der Waals surface area contributed by atoms with Gasteiger partial charge in [0.15, 0.2) is 0 Å². The second-order valence-corrected chi connectivity index (χ2v) is 5.86. The maximum Gasteiger partial charge on any atom is 0.253 e. The summed E-state index contributed by atoms with van der Waals surface area (Å²) in [6.07, 6.45) is 4.50. The Balaban J connectivity index is 1.72. The molecule has 0 radical (unpaired) electrons. The van der Waals surface area contributed by atoms with Crippen LogP contribution >= 0.6 is 0 Å². The molecule has 0 unspecified atom stereocenters. The van der Waals surface area contributed by atoms with Gasteiger partial charge in [-0.25, -0.2) is 9.97 Å². The molecule has 22 heavy (non-hydrogen) atoms. The molecular formula is C17H20N4O. The molecule has 0 spiro atoms. The van der Waals surface area contributed by atoms with Gasteiger partial charge in [-0.2, -0.15) is 0 Å². The molecule has 1 aromatic carbocycles. The molecule has 0 N–H and O–H groups in total. The van der Waals surface area contributed by atoms with Crippen molar-refractivity contribution >= 4 is 5.91 Å². The van der Waals surface area contributed by atoms with Crippen LogP contribution in [0.3, 0.4) is 0 Å². The average Bonchev–Trinajstić information content (AvgIpc) is 2.54. The summed E-state index contributed by atoms with van der Waals surface area (Å²) in [7, 11) is 3.55. The Labute approximate surface area is 130 Å². The summed E-state index contributed by atoms with van der Waals surface area (Å²) in [6, 6.07) is 7.87. The molecule has 1 aliphatic heterocycles. The minimum Gasteiger partial charge on any atom is -0.345 e. The maximum atomic E-state index is 12.0. The highest BCUT2D eigenvalue weighted by atomic mass is 16.2. The second-order valence-electron chi connectivity index (χ2n) is 5.86. The van der Waals surface area contributed by atoms with Gasteiger partial charge in [-0.05, 0) is 29.7 Å². The molecule has 1 aromatic heterocycles. The molecule has 0 atom stereocenters. The highest BCUT2D eigenvalue weighted by Crippen LogP contribution is 2.18. The number of hydrogen-bond donors (Lipinski definition) is 0. The van der Waals surface area contributed by atoms with Crippen LogP contribution < -0.4 is 0 Å². The first kappa shape index (κ1) is 14.7. The Morgan fingerprint density at radius 2 is 2.23 bits per heavy atom. The third-order valence-corrected chi connectivity index (χ3v) is 3.94. The number of carbonyl (C=O) groups excluding carboxylic acids is 1. The van der Waals surface area contributed by atoms with Gasteiger partial charge >= 0.3 is 0 Å². The highest BCUT2D eigenvalue weighted by Gasteiger charge is 2.18. The van der Waals surface area contributed by atoms with E-state index in [9.17, 15) is 4.79 Å². The first-order chi connectivity index (χ1) is 10.6. The van der Waals surface area contributed by atoms with Crippen LogP contribution in [-0.4, -0.2) is 46.3 Å². The molecule has 2 aromatic rings. The van der Waals surface area contributed by atoms with Crippen LogP contribution in [0.1, 0.15) is 27.2 Å². The monoisotopic (exact) mass is 296 g/mol. The molecule has 5 heteroatoms. The predicted molar refractivity (Wildman–Crippen MR) is 84.3 cm³/mol. The van der Waals surface area contributed by atoms with E-state index in [1.165, 1.54) is 5.56 Å². The van der Waals surface area contributed by atoms with Gasteiger partial charge in [0.05, 0.1) is 5.69 Å². The number of hydrogen-bond acceptors (Lipinski definition) is 4. The summed E-state index contributed by atoms with van der Waals surface area (Å²) < 4.78 is 0. The van der Waals surface area contributed by atoms with Crippen molar-refractivity contribution in [2.45, 2.75) is 19.5 Å². The van der Waals surface area contributed by atoms with Crippen LogP contribution in [0.5, 0.6) is 0 Å². The number of carbonyl (C=O) groups is 1. The van der Waals surface area contributed by atoms with E-state index in [1.807, 2.05) is 24.4 Å². The van der Waals surface area contributed by atoms with Gasteiger partial charge in [-0.15, -0.1) is 0 Å². The van der Waals surface area contributed by atoms with Gasteiger partial charge in [-0.3, -0.25) is 9.69 Å². The van der Waals surface area contributed by atoms with Gasteiger partial charge in [0, 0.05) is 45.5 Å². The smallest absolute Gasteiger partial charge is 0.253 e.